The van der Waals surface area contributed by atoms with Gasteiger partial charge < -0.3 is 4.90 Å². The van der Waals surface area contributed by atoms with Crippen LogP contribution in [0.1, 0.15) is 77.0 Å². The Labute approximate surface area is 215 Å². The highest BCUT2D eigenvalue weighted by molar-refractivity contribution is 6.31. The number of carbonyl (C=O) groups excluding carboxylic acids is 1. The lowest BCUT2D eigenvalue weighted by molar-refractivity contribution is -0.129. The molecule has 0 aliphatic carbocycles. The highest BCUT2D eigenvalue weighted by Gasteiger charge is 2.34. The van der Waals surface area contributed by atoms with Crippen molar-refractivity contribution in [1.29, 1.82) is 5.26 Å². The molecule has 1 aliphatic rings. The molecule has 1 amide bonds. The first-order valence-corrected chi connectivity index (χ1v) is 12.9. The lowest BCUT2D eigenvalue weighted by Crippen LogP contribution is -2.36. The maximum absolute atomic E-state index is 12.6. The molecule has 6 heteroatoms. The number of carbonyl (C=O) groups is 1. The van der Waals surface area contributed by atoms with Crippen LogP contribution in [0.3, 0.4) is 0 Å². The number of hydrogen-bond acceptors (Lipinski definition) is 2. The van der Waals surface area contributed by atoms with Crippen molar-refractivity contribution < 1.29 is 13.6 Å². The quantitative estimate of drug-likeness (QED) is 0.398. The standard InChI is InChI=1S/C13H25NO.C8H6ClN.C8H8F2/c1-5-10(4)11-8-13(15)14(9-11)12(6-2)7-3;1-6-2-3-7(5-10)8(9)4-6;1-2-6-4-3-5-7(9)8(6)10/h10-12H,5-9H2,1-4H3;2-4H,1H3;3-5H,2H2,1H3. The fraction of sp³-hybridized carbons (Fsp3) is 0.517. The second kappa shape index (κ2) is 15.5. The summed E-state index contributed by atoms with van der Waals surface area (Å²) in [6.45, 7) is 13.6. The van der Waals surface area contributed by atoms with E-state index in [-0.39, 0.29) is 0 Å². The first kappa shape index (κ1) is 30.6. The van der Waals surface area contributed by atoms with Gasteiger partial charge in [-0.2, -0.15) is 5.26 Å². The van der Waals surface area contributed by atoms with Gasteiger partial charge in [0.15, 0.2) is 11.6 Å². The average Bonchev–Trinajstić information content (AvgIpc) is 3.23. The van der Waals surface area contributed by atoms with Crippen molar-refractivity contribution >= 4 is 17.5 Å². The van der Waals surface area contributed by atoms with Crippen molar-refractivity contribution in [2.75, 3.05) is 6.54 Å². The summed E-state index contributed by atoms with van der Waals surface area (Å²) in [6, 6.07) is 12.0. The van der Waals surface area contributed by atoms with Crippen molar-refractivity contribution in [3.63, 3.8) is 0 Å². The van der Waals surface area contributed by atoms with Crippen LogP contribution < -0.4 is 0 Å². The summed E-state index contributed by atoms with van der Waals surface area (Å²) in [6.07, 6.45) is 4.69. The van der Waals surface area contributed by atoms with Crippen LogP contribution in [-0.4, -0.2) is 23.4 Å². The number of nitriles is 1. The number of amides is 1. The van der Waals surface area contributed by atoms with Crippen LogP contribution >= 0.6 is 11.6 Å². The number of likely N-dealkylation sites (tertiary alicyclic amines) is 1. The van der Waals surface area contributed by atoms with Crippen molar-refractivity contribution in [3.05, 3.63) is 69.7 Å². The molecule has 0 aromatic heterocycles. The number of hydrogen-bond donors (Lipinski definition) is 0. The second-order valence-electron chi connectivity index (χ2n) is 9.03. The van der Waals surface area contributed by atoms with Crippen molar-refractivity contribution in [2.24, 2.45) is 11.8 Å². The maximum Gasteiger partial charge on any atom is 0.223 e. The van der Waals surface area contributed by atoms with Crippen LogP contribution in [0.25, 0.3) is 0 Å². The third kappa shape index (κ3) is 9.26. The molecule has 0 saturated carbocycles. The maximum atomic E-state index is 12.6. The van der Waals surface area contributed by atoms with Crippen LogP contribution in [0.4, 0.5) is 8.78 Å². The van der Waals surface area contributed by atoms with Gasteiger partial charge in [-0.3, -0.25) is 4.79 Å². The molecule has 35 heavy (non-hydrogen) atoms. The third-order valence-electron chi connectivity index (χ3n) is 6.68. The summed E-state index contributed by atoms with van der Waals surface area (Å²) in [7, 11) is 0. The minimum atomic E-state index is -0.764. The molecule has 0 bridgehead atoms. The zero-order valence-corrected chi connectivity index (χ0v) is 22.6. The Bertz CT molecular complexity index is 985. The van der Waals surface area contributed by atoms with Gasteiger partial charge in [0.25, 0.3) is 0 Å². The molecule has 2 atom stereocenters. The Morgan fingerprint density at radius 3 is 2.26 bits per heavy atom. The number of nitrogens with zero attached hydrogens (tertiary/aromatic N) is 2. The van der Waals surface area contributed by atoms with E-state index in [1.54, 1.807) is 25.1 Å². The topological polar surface area (TPSA) is 44.1 Å². The first-order chi connectivity index (χ1) is 16.6. The molecular weight excluding hydrogens is 466 g/mol. The molecule has 2 unspecified atom stereocenters. The molecule has 0 radical (unpaired) electrons. The third-order valence-corrected chi connectivity index (χ3v) is 6.99. The van der Waals surface area contributed by atoms with Gasteiger partial charge in [0, 0.05) is 19.0 Å². The normalized spacial score (nSPS) is 15.6. The molecule has 1 fully saturated rings. The molecule has 2 aromatic rings. The molecule has 3 rings (SSSR count). The SMILES string of the molecule is CCC(C)C1CC(=O)N(C(CC)CC)C1.CCc1cccc(F)c1F.Cc1ccc(C#N)c(Cl)c1. The lowest BCUT2D eigenvalue weighted by Gasteiger charge is -2.27. The van der Waals surface area contributed by atoms with Crippen molar-refractivity contribution in [1.82, 2.24) is 4.90 Å². The number of benzene rings is 2. The number of halogens is 3. The first-order valence-electron chi connectivity index (χ1n) is 12.5. The van der Waals surface area contributed by atoms with Gasteiger partial charge in [0.1, 0.15) is 6.07 Å². The molecule has 3 nitrogen and oxygen atoms in total. The summed E-state index contributed by atoms with van der Waals surface area (Å²) >= 11 is 5.71. The lowest BCUT2D eigenvalue weighted by atomic mass is 9.91. The van der Waals surface area contributed by atoms with Gasteiger partial charge in [-0.15, -0.1) is 0 Å². The highest BCUT2D eigenvalue weighted by Crippen LogP contribution is 2.29. The Kier molecular flexibility index (Phi) is 13.6. The predicted octanol–water partition coefficient (Wildman–Crippen LogP) is 8.12. The Hall–Kier alpha value is -2.45. The fourth-order valence-electron chi connectivity index (χ4n) is 4.09. The van der Waals surface area contributed by atoms with E-state index in [9.17, 15) is 13.6 Å². The summed E-state index contributed by atoms with van der Waals surface area (Å²) in [5, 5.41) is 9.00. The molecule has 0 spiro atoms. The number of aryl methyl sites for hydroxylation is 2. The molecule has 1 saturated heterocycles. The van der Waals surface area contributed by atoms with Crippen molar-refractivity contribution in [2.45, 2.75) is 79.7 Å². The summed E-state index contributed by atoms with van der Waals surface area (Å²) < 4.78 is 25.0. The minimum Gasteiger partial charge on any atom is -0.339 e. The molecule has 192 valence electrons. The van der Waals surface area contributed by atoms with E-state index in [4.69, 9.17) is 16.9 Å². The van der Waals surface area contributed by atoms with Gasteiger partial charge in [0.05, 0.1) is 10.6 Å². The zero-order valence-electron chi connectivity index (χ0n) is 21.9. The second-order valence-corrected chi connectivity index (χ2v) is 9.43. The van der Waals surface area contributed by atoms with Crippen LogP contribution in [0.5, 0.6) is 0 Å². The molecule has 1 heterocycles. The van der Waals surface area contributed by atoms with Crippen LogP contribution in [0.15, 0.2) is 36.4 Å². The van der Waals surface area contributed by atoms with Gasteiger partial charge in [-0.1, -0.05) is 70.8 Å². The molecular formula is C29H39ClF2N2O. The summed E-state index contributed by atoms with van der Waals surface area (Å²) in [4.78, 5) is 14.0. The average molecular weight is 505 g/mol. The zero-order chi connectivity index (χ0) is 26.5. The van der Waals surface area contributed by atoms with Crippen molar-refractivity contribution in [3.8, 4) is 6.07 Å². The minimum absolute atomic E-state index is 0.383. The Morgan fingerprint density at radius 1 is 1.11 bits per heavy atom. The molecule has 1 aliphatic heterocycles. The summed E-state index contributed by atoms with van der Waals surface area (Å²) in [5.74, 6) is 0.190. The van der Waals surface area contributed by atoms with E-state index in [1.807, 2.05) is 19.1 Å². The van der Waals surface area contributed by atoms with Gasteiger partial charge in [-0.25, -0.2) is 8.78 Å². The van der Waals surface area contributed by atoms with E-state index in [1.165, 1.54) is 12.5 Å². The van der Waals surface area contributed by atoms with E-state index in [0.717, 1.165) is 37.4 Å². The van der Waals surface area contributed by atoms with E-state index >= 15 is 0 Å². The molecule has 2 aromatic carbocycles. The van der Waals surface area contributed by atoms with E-state index < -0.39 is 11.6 Å². The smallest absolute Gasteiger partial charge is 0.223 e. The van der Waals surface area contributed by atoms with Crippen LogP contribution in [0.2, 0.25) is 5.02 Å². The van der Waals surface area contributed by atoms with Crippen LogP contribution in [0, 0.1) is 41.7 Å². The highest BCUT2D eigenvalue weighted by atomic mass is 35.5. The van der Waals surface area contributed by atoms with Gasteiger partial charge in [0.2, 0.25) is 5.91 Å². The van der Waals surface area contributed by atoms with E-state index in [0.29, 0.717) is 46.4 Å². The van der Waals surface area contributed by atoms with Gasteiger partial charge >= 0.3 is 0 Å². The summed E-state index contributed by atoms with van der Waals surface area (Å²) in [5.41, 5.74) is 2.04. The van der Waals surface area contributed by atoms with E-state index in [2.05, 4.69) is 32.6 Å². The number of rotatable bonds is 6. The monoisotopic (exact) mass is 504 g/mol. The van der Waals surface area contributed by atoms with Crippen LogP contribution in [-0.2, 0) is 11.2 Å². The predicted molar refractivity (Wildman–Crippen MR) is 140 cm³/mol. The largest absolute Gasteiger partial charge is 0.339 e. The fourth-order valence-corrected chi connectivity index (χ4v) is 4.37. The Morgan fingerprint density at radius 2 is 1.77 bits per heavy atom. The molecule has 0 N–H and O–H groups in total. The van der Waals surface area contributed by atoms with Gasteiger partial charge in [-0.05, 0) is 67.3 Å². The Balaban J connectivity index is 0.000000271.